The maximum atomic E-state index is 13.2. The zero-order chi connectivity index (χ0) is 21.0. The van der Waals surface area contributed by atoms with Gasteiger partial charge in [-0.1, -0.05) is 23.9 Å². The van der Waals surface area contributed by atoms with Crippen LogP contribution in [0.5, 0.6) is 0 Å². The lowest BCUT2D eigenvalue weighted by Crippen LogP contribution is -3.05. The molecule has 152 valence electrons. The fourth-order valence-corrected chi connectivity index (χ4v) is 4.10. The number of nitrogens with one attached hydrogen (secondary N) is 1. The van der Waals surface area contributed by atoms with Crippen molar-refractivity contribution in [1.29, 1.82) is 0 Å². The van der Waals surface area contributed by atoms with Crippen LogP contribution in [0.1, 0.15) is 23.7 Å². The van der Waals surface area contributed by atoms with E-state index in [0.29, 0.717) is 28.2 Å². The van der Waals surface area contributed by atoms with E-state index < -0.39 is 5.25 Å². The Morgan fingerprint density at radius 1 is 1.17 bits per heavy atom. The molecule has 3 aromatic rings. The van der Waals surface area contributed by atoms with Gasteiger partial charge in [-0.3, -0.25) is 14.2 Å². The maximum Gasteiger partial charge on any atom is 0.262 e. The number of carbonyl (C=O) groups excluding carboxylic acids is 1. The summed E-state index contributed by atoms with van der Waals surface area (Å²) in [7, 11) is 4.14. The second-order valence-electron chi connectivity index (χ2n) is 7.31. The van der Waals surface area contributed by atoms with Crippen molar-refractivity contribution in [2.75, 3.05) is 20.6 Å². The van der Waals surface area contributed by atoms with Gasteiger partial charge in [-0.2, -0.15) is 0 Å². The Balaban J connectivity index is 1.92. The molecule has 0 radical (unpaired) electrons. The van der Waals surface area contributed by atoms with Crippen LogP contribution < -0.4 is 10.5 Å². The summed E-state index contributed by atoms with van der Waals surface area (Å²) in [5, 5.41) is 0.649. The number of hydrogen-bond donors (Lipinski definition) is 1. The number of ketones is 1. The summed E-state index contributed by atoms with van der Waals surface area (Å²) < 4.78 is 14.8. The molecule has 29 heavy (non-hydrogen) atoms. The summed E-state index contributed by atoms with van der Waals surface area (Å²) in [5.41, 5.74) is 0.974. The molecule has 1 atom stereocenters. The minimum absolute atomic E-state index is 0.0895. The molecular weight excluding hydrogens is 389 g/mol. The molecule has 0 fully saturated rings. The maximum absolute atomic E-state index is 13.2. The molecular formula is C22H25FN3O2S+. The zero-order valence-corrected chi connectivity index (χ0v) is 17.6. The molecule has 0 saturated carbocycles. The Bertz CT molecular complexity index is 1060. The van der Waals surface area contributed by atoms with Crippen molar-refractivity contribution in [2.24, 2.45) is 0 Å². The predicted molar refractivity (Wildman–Crippen MR) is 114 cm³/mol. The first-order chi connectivity index (χ1) is 13.9. The topological polar surface area (TPSA) is 56.4 Å². The van der Waals surface area contributed by atoms with Crippen molar-refractivity contribution in [3.05, 3.63) is 70.3 Å². The summed E-state index contributed by atoms with van der Waals surface area (Å²) in [6, 6.07) is 12.8. The van der Waals surface area contributed by atoms with Crippen molar-refractivity contribution < 1.29 is 14.1 Å². The van der Waals surface area contributed by atoms with Crippen molar-refractivity contribution in [1.82, 2.24) is 9.55 Å². The van der Waals surface area contributed by atoms with Crippen LogP contribution in [0.15, 0.2) is 58.5 Å². The van der Waals surface area contributed by atoms with Gasteiger partial charge in [0.15, 0.2) is 10.9 Å². The van der Waals surface area contributed by atoms with Crippen LogP contribution in [0.3, 0.4) is 0 Å². The Morgan fingerprint density at radius 2 is 1.86 bits per heavy atom. The highest BCUT2D eigenvalue weighted by molar-refractivity contribution is 8.00. The fourth-order valence-electron chi connectivity index (χ4n) is 3.09. The number of hydrogen-bond acceptors (Lipinski definition) is 4. The number of thioether (sulfide) groups is 1. The molecule has 0 bridgehead atoms. The Morgan fingerprint density at radius 3 is 2.55 bits per heavy atom. The van der Waals surface area contributed by atoms with Gasteiger partial charge in [0.25, 0.3) is 5.56 Å². The van der Waals surface area contributed by atoms with Crippen molar-refractivity contribution in [2.45, 2.75) is 30.3 Å². The molecule has 1 aromatic heterocycles. The molecule has 0 aliphatic rings. The van der Waals surface area contributed by atoms with E-state index in [0.717, 1.165) is 13.0 Å². The third-order valence-corrected chi connectivity index (χ3v) is 5.76. The second-order valence-corrected chi connectivity index (χ2v) is 8.62. The van der Waals surface area contributed by atoms with E-state index in [4.69, 9.17) is 0 Å². The molecule has 7 heteroatoms. The van der Waals surface area contributed by atoms with Gasteiger partial charge in [-0.05, 0) is 43.3 Å². The largest absolute Gasteiger partial charge is 0.340 e. The van der Waals surface area contributed by atoms with E-state index in [9.17, 15) is 14.0 Å². The molecule has 1 N–H and O–H groups in total. The molecule has 2 aromatic carbocycles. The Labute approximate surface area is 173 Å². The standard InChI is InChI=1S/C22H24FN3O2S/c1-15(20(27)16-9-11-17(23)12-10-16)29-22-24-19-8-5-4-7-18(19)21(28)26(22)14-6-13-25(2)3/h4-5,7-12,15H,6,13-14H2,1-3H3/p+1/t15-/m1/s1. The molecule has 0 amide bonds. The van der Waals surface area contributed by atoms with Crippen LogP contribution in [0.4, 0.5) is 4.39 Å². The number of rotatable bonds is 8. The van der Waals surface area contributed by atoms with E-state index in [2.05, 4.69) is 19.1 Å². The van der Waals surface area contributed by atoms with Crippen molar-refractivity contribution >= 4 is 28.4 Å². The quantitative estimate of drug-likeness (QED) is 0.349. The Hall–Kier alpha value is -2.51. The van der Waals surface area contributed by atoms with Gasteiger partial charge in [-0.15, -0.1) is 0 Å². The summed E-state index contributed by atoms with van der Waals surface area (Å²) in [6.07, 6.45) is 0.829. The number of Topliss-reactive ketones (excluding diaryl/α,β-unsaturated/α-hetero) is 1. The van der Waals surface area contributed by atoms with E-state index in [-0.39, 0.29) is 17.2 Å². The highest BCUT2D eigenvalue weighted by Gasteiger charge is 2.20. The van der Waals surface area contributed by atoms with E-state index in [1.807, 2.05) is 18.2 Å². The van der Waals surface area contributed by atoms with Crippen molar-refractivity contribution in [3.63, 3.8) is 0 Å². The molecule has 3 rings (SSSR count). The SMILES string of the molecule is C[C@@H](Sc1nc2ccccc2c(=O)n1CCC[NH+](C)C)C(=O)c1ccc(F)cc1. The fraction of sp³-hybridized carbons (Fsp3) is 0.318. The number of para-hydroxylation sites is 1. The van der Waals surface area contributed by atoms with Gasteiger partial charge < -0.3 is 4.90 Å². The average Bonchev–Trinajstić information content (AvgIpc) is 2.70. The first kappa shape index (κ1) is 21.2. The second kappa shape index (κ2) is 9.33. The van der Waals surface area contributed by atoms with Gasteiger partial charge in [-0.25, -0.2) is 9.37 Å². The van der Waals surface area contributed by atoms with Crippen LogP contribution in [0, 0.1) is 5.82 Å². The zero-order valence-electron chi connectivity index (χ0n) is 16.8. The predicted octanol–water partition coefficient (Wildman–Crippen LogP) is 2.43. The summed E-state index contributed by atoms with van der Waals surface area (Å²) in [4.78, 5) is 31.8. The number of fused-ring (bicyclic) bond motifs is 1. The molecule has 0 aliphatic carbocycles. The molecule has 5 nitrogen and oxygen atoms in total. The van der Waals surface area contributed by atoms with E-state index in [1.165, 1.54) is 40.9 Å². The molecule has 1 heterocycles. The smallest absolute Gasteiger partial charge is 0.262 e. The van der Waals surface area contributed by atoms with Crippen LogP contribution in [0.2, 0.25) is 0 Å². The van der Waals surface area contributed by atoms with Gasteiger partial charge in [0.05, 0.1) is 36.8 Å². The van der Waals surface area contributed by atoms with E-state index >= 15 is 0 Å². The summed E-state index contributed by atoms with van der Waals surface area (Å²) in [5.74, 6) is -0.503. The molecule has 0 unspecified atom stereocenters. The van der Waals surface area contributed by atoms with Crippen LogP contribution in [-0.4, -0.2) is 41.2 Å². The highest BCUT2D eigenvalue weighted by atomic mass is 32.2. The lowest BCUT2D eigenvalue weighted by Gasteiger charge is -2.16. The first-order valence-corrected chi connectivity index (χ1v) is 10.5. The highest BCUT2D eigenvalue weighted by Crippen LogP contribution is 2.25. The van der Waals surface area contributed by atoms with Gasteiger partial charge in [0.2, 0.25) is 0 Å². The summed E-state index contributed by atoms with van der Waals surface area (Å²) >= 11 is 1.27. The number of benzene rings is 2. The molecule has 0 spiro atoms. The third-order valence-electron chi connectivity index (χ3n) is 4.67. The third kappa shape index (κ3) is 5.10. The monoisotopic (exact) mass is 414 g/mol. The number of quaternary nitrogens is 1. The molecule has 0 saturated heterocycles. The van der Waals surface area contributed by atoms with Gasteiger partial charge in [0.1, 0.15) is 5.82 Å². The van der Waals surface area contributed by atoms with Gasteiger partial charge >= 0.3 is 0 Å². The van der Waals surface area contributed by atoms with E-state index in [1.54, 1.807) is 17.6 Å². The lowest BCUT2D eigenvalue weighted by atomic mass is 10.1. The normalized spacial score (nSPS) is 12.4. The average molecular weight is 415 g/mol. The molecule has 0 aliphatic heterocycles. The minimum Gasteiger partial charge on any atom is -0.340 e. The number of halogens is 1. The van der Waals surface area contributed by atoms with Gasteiger partial charge in [0, 0.05) is 18.5 Å². The van der Waals surface area contributed by atoms with Crippen LogP contribution in [-0.2, 0) is 6.54 Å². The Kier molecular flexibility index (Phi) is 6.82. The van der Waals surface area contributed by atoms with Crippen molar-refractivity contribution in [3.8, 4) is 0 Å². The summed E-state index contributed by atoms with van der Waals surface area (Å²) in [6.45, 7) is 3.25. The first-order valence-electron chi connectivity index (χ1n) is 9.62. The van der Waals surface area contributed by atoms with Crippen LogP contribution >= 0.6 is 11.8 Å². The lowest BCUT2D eigenvalue weighted by molar-refractivity contribution is -0.858. The van der Waals surface area contributed by atoms with Crippen LogP contribution in [0.25, 0.3) is 10.9 Å². The number of nitrogens with zero attached hydrogens (tertiary/aromatic N) is 2. The number of carbonyl (C=O) groups is 1. The minimum atomic E-state index is -0.459. The number of aromatic nitrogens is 2.